The first-order valence-electron chi connectivity index (χ1n) is 9.71. The Balaban J connectivity index is 1.61. The van der Waals surface area contributed by atoms with Gasteiger partial charge in [-0.3, -0.25) is 4.79 Å². The lowest BCUT2D eigenvalue weighted by Crippen LogP contribution is -2.14. The molecule has 8 nitrogen and oxygen atoms in total. The number of amides is 1. The summed E-state index contributed by atoms with van der Waals surface area (Å²) in [5.74, 6) is 0.767. The number of hydrogen-bond donors (Lipinski definition) is 2. The monoisotopic (exact) mass is 420 g/mol. The van der Waals surface area contributed by atoms with E-state index in [1.165, 1.54) is 4.88 Å². The van der Waals surface area contributed by atoms with Crippen molar-refractivity contribution in [2.24, 2.45) is 5.73 Å². The van der Waals surface area contributed by atoms with E-state index in [0.29, 0.717) is 43.1 Å². The van der Waals surface area contributed by atoms with Crippen LogP contribution in [0.25, 0.3) is 16.9 Å². The van der Waals surface area contributed by atoms with E-state index in [1.807, 2.05) is 12.1 Å². The number of carbonyl (C=O) groups excluding carboxylic acids is 1. The number of nitrogens with one attached hydrogen (secondary N) is 1. The van der Waals surface area contributed by atoms with E-state index >= 15 is 0 Å². The highest BCUT2D eigenvalue weighted by atomic mass is 32.1. The lowest BCUT2D eigenvalue weighted by Gasteiger charge is -2.14. The molecule has 0 bridgehead atoms. The van der Waals surface area contributed by atoms with Crippen molar-refractivity contribution in [3.8, 4) is 5.95 Å². The van der Waals surface area contributed by atoms with Crippen LogP contribution in [0.2, 0.25) is 0 Å². The van der Waals surface area contributed by atoms with Gasteiger partial charge in [0.15, 0.2) is 0 Å². The van der Waals surface area contributed by atoms with Crippen LogP contribution < -0.4 is 11.1 Å². The van der Waals surface area contributed by atoms with Crippen LogP contribution in [0.4, 0.5) is 5.82 Å². The molecular weight excluding hydrogens is 400 g/mol. The number of hydrogen-bond acceptors (Lipinski definition) is 7. The molecule has 1 aliphatic heterocycles. The predicted octanol–water partition coefficient (Wildman–Crippen LogP) is 2.70. The standard InChI is InChI=1S/C21H20N6O2S/c22-19(28)14-4-1-5-18-16(14)12-24-27(18)21-25-17-7-9-29-8-6-15(17)20(26-21)23-11-13-3-2-10-30-13/h1-5,10,12H,6-9,11H2,(H2,22,28)(H,23,25,26). The van der Waals surface area contributed by atoms with E-state index in [-0.39, 0.29) is 0 Å². The minimum Gasteiger partial charge on any atom is -0.381 e. The predicted molar refractivity (Wildman–Crippen MR) is 115 cm³/mol. The number of thiophene rings is 1. The average molecular weight is 420 g/mol. The molecule has 0 atom stereocenters. The molecule has 0 aliphatic carbocycles. The van der Waals surface area contributed by atoms with Crippen molar-refractivity contribution in [1.82, 2.24) is 19.7 Å². The van der Waals surface area contributed by atoms with Gasteiger partial charge < -0.3 is 15.8 Å². The van der Waals surface area contributed by atoms with Crippen LogP contribution >= 0.6 is 11.3 Å². The topological polar surface area (TPSA) is 108 Å². The Morgan fingerprint density at radius 3 is 2.93 bits per heavy atom. The number of anilines is 1. The number of carbonyl (C=O) groups is 1. The Kier molecular flexibility index (Phi) is 4.89. The fourth-order valence-electron chi connectivity index (χ4n) is 3.68. The van der Waals surface area contributed by atoms with Crippen LogP contribution in [-0.4, -0.2) is 38.9 Å². The Hall–Kier alpha value is -3.30. The molecule has 0 unspecified atom stereocenters. The molecule has 0 radical (unpaired) electrons. The first-order valence-corrected chi connectivity index (χ1v) is 10.6. The molecule has 3 N–H and O–H groups in total. The lowest BCUT2D eigenvalue weighted by molar-refractivity contribution is 0.100. The second-order valence-corrected chi connectivity index (χ2v) is 8.03. The van der Waals surface area contributed by atoms with Crippen molar-refractivity contribution in [3.63, 3.8) is 0 Å². The van der Waals surface area contributed by atoms with Crippen molar-refractivity contribution in [2.45, 2.75) is 19.4 Å². The van der Waals surface area contributed by atoms with Crippen molar-refractivity contribution >= 4 is 34.0 Å². The van der Waals surface area contributed by atoms with Crippen LogP contribution in [0.3, 0.4) is 0 Å². The molecule has 0 fully saturated rings. The van der Waals surface area contributed by atoms with Crippen LogP contribution in [0.5, 0.6) is 0 Å². The number of nitrogens with zero attached hydrogens (tertiary/aromatic N) is 4. The maximum absolute atomic E-state index is 11.8. The molecular formula is C21H20N6O2S. The van der Waals surface area contributed by atoms with E-state index < -0.39 is 5.91 Å². The summed E-state index contributed by atoms with van der Waals surface area (Å²) in [6.45, 7) is 1.96. The Labute approximate surface area is 176 Å². The summed E-state index contributed by atoms with van der Waals surface area (Å²) >= 11 is 1.70. The number of primary amides is 1. The zero-order chi connectivity index (χ0) is 20.5. The SMILES string of the molecule is NC(=O)c1cccc2c1cnn2-c1nc2c(c(NCc3cccs3)n1)CCOCC2. The van der Waals surface area contributed by atoms with E-state index in [0.717, 1.165) is 29.0 Å². The Bertz CT molecular complexity index is 1220. The fourth-order valence-corrected chi connectivity index (χ4v) is 4.33. The summed E-state index contributed by atoms with van der Waals surface area (Å²) in [6, 6.07) is 9.49. The third kappa shape index (κ3) is 3.42. The van der Waals surface area contributed by atoms with Crippen molar-refractivity contribution < 1.29 is 9.53 Å². The second-order valence-electron chi connectivity index (χ2n) is 7.00. The van der Waals surface area contributed by atoms with E-state index in [2.05, 4.69) is 21.9 Å². The van der Waals surface area contributed by atoms with Crippen molar-refractivity contribution in [3.05, 3.63) is 63.6 Å². The van der Waals surface area contributed by atoms with E-state index in [1.54, 1.807) is 34.3 Å². The maximum atomic E-state index is 11.8. The van der Waals surface area contributed by atoms with Crippen LogP contribution in [0.1, 0.15) is 26.5 Å². The van der Waals surface area contributed by atoms with Gasteiger partial charge >= 0.3 is 0 Å². The van der Waals surface area contributed by atoms with E-state index in [4.69, 9.17) is 20.4 Å². The molecule has 4 heterocycles. The first-order chi connectivity index (χ1) is 14.7. The number of rotatable bonds is 5. The third-order valence-electron chi connectivity index (χ3n) is 5.14. The molecule has 0 saturated heterocycles. The first kappa shape index (κ1) is 18.7. The van der Waals surface area contributed by atoms with Gasteiger partial charge in [-0.25, -0.2) is 4.98 Å². The molecule has 0 spiro atoms. The molecule has 0 saturated carbocycles. The summed E-state index contributed by atoms with van der Waals surface area (Å²) in [7, 11) is 0. The van der Waals surface area contributed by atoms with Gasteiger partial charge in [-0.15, -0.1) is 11.3 Å². The zero-order valence-corrected chi connectivity index (χ0v) is 17.0. The molecule has 3 aromatic heterocycles. The second kappa shape index (κ2) is 7.85. The summed E-state index contributed by atoms with van der Waals surface area (Å²) in [6.07, 6.45) is 3.10. The van der Waals surface area contributed by atoms with Gasteiger partial charge in [-0.1, -0.05) is 12.1 Å². The Morgan fingerprint density at radius 1 is 1.20 bits per heavy atom. The quantitative estimate of drug-likeness (QED) is 0.514. The number of nitrogens with two attached hydrogens (primary N) is 1. The van der Waals surface area contributed by atoms with Crippen molar-refractivity contribution in [1.29, 1.82) is 0 Å². The minimum atomic E-state index is -0.488. The van der Waals surface area contributed by atoms with Gasteiger partial charge in [-0.2, -0.15) is 14.8 Å². The van der Waals surface area contributed by atoms with Crippen molar-refractivity contribution in [2.75, 3.05) is 18.5 Å². The van der Waals surface area contributed by atoms with Gasteiger partial charge in [0, 0.05) is 28.7 Å². The number of ether oxygens (including phenoxy) is 1. The largest absolute Gasteiger partial charge is 0.381 e. The minimum absolute atomic E-state index is 0.429. The highest BCUT2D eigenvalue weighted by Gasteiger charge is 2.20. The molecule has 4 aromatic rings. The maximum Gasteiger partial charge on any atom is 0.253 e. The van der Waals surface area contributed by atoms with Crippen LogP contribution in [0, 0.1) is 0 Å². The van der Waals surface area contributed by atoms with E-state index in [9.17, 15) is 4.79 Å². The average Bonchev–Trinajstić information content (AvgIpc) is 3.36. The van der Waals surface area contributed by atoms with Gasteiger partial charge in [0.25, 0.3) is 5.95 Å². The molecule has 30 heavy (non-hydrogen) atoms. The van der Waals surface area contributed by atoms with Gasteiger partial charge in [0.1, 0.15) is 5.82 Å². The van der Waals surface area contributed by atoms with Crippen LogP contribution in [0.15, 0.2) is 41.9 Å². The summed E-state index contributed by atoms with van der Waals surface area (Å²) in [5.41, 5.74) is 8.73. The Morgan fingerprint density at radius 2 is 2.10 bits per heavy atom. The smallest absolute Gasteiger partial charge is 0.253 e. The normalized spacial score (nSPS) is 13.7. The molecule has 9 heteroatoms. The fraction of sp³-hybridized carbons (Fsp3) is 0.238. The van der Waals surface area contributed by atoms with Gasteiger partial charge in [0.2, 0.25) is 5.91 Å². The highest BCUT2D eigenvalue weighted by molar-refractivity contribution is 7.09. The van der Waals surface area contributed by atoms with Gasteiger partial charge in [0.05, 0.1) is 42.7 Å². The molecule has 1 aliphatic rings. The molecule has 5 rings (SSSR count). The molecule has 1 amide bonds. The molecule has 1 aromatic carbocycles. The summed E-state index contributed by atoms with van der Waals surface area (Å²) in [5, 5.41) is 10.7. The van der Waals surface area contributed by atoms with Crippen LogP contribution in [-0.2, 0) is 24.1 Å². The van der Waals surface area contributed by atoms with Gasteiger partial charge in [-0.05, 0) is 23.6 Å². The summed E-state index contributed by atoms with van der Waals surface area (Å²) < 4.78 is 7.31. The molecule has 152 valence electrons. The number of aromatic nitrogens is 4. The lowest BCUT2D eigenvalue weighted by atomic mass is 10.1. The zero-order valence-electron chi connectivity index (χ0n) is 16.2. The number of benzene rings is 1. The number of fused-ring (bicyclic) bond motifs is 2. The third-order valence-corrected chi connectivity index (χ3v) is 6.02. The highest BCUT2D eigenvalue weighted by Crippen LogP contribution is 2.26. The summed E-state index contributed by atoms with van der Waals surface area (Å²) in [4.78, 5) is 22.6.